The predicted octanol–water partition coefficient (Wildman–Crippen LogP) is 4.31. The molecule has 1 unspecified atom stereocenters. The van der Waals surface area contributed by atoms with Crippen LogP contribution in [0.25, 0.3) is 0 Å². The monoisotopic (exact) mass is 343 g/mol. The lowest BCUT2D eigenvalue weighted by Crippen LogP contribution is -2.32. The third kappa shape index (κ3) is 3.13. The van der Waals surface area contributed by atoms with Crippen LogP contribution in [0.1, 0.15) is 24.1 Å². The second kappa shape index (κ2) is 6.24. The summed E-state index contributed by atoms with van der Waals surface area (Å²) in [6, 6.07) is 1.80. The number of nitrogens with zero attached hydrogens (tertiary/aromatic N) is 1. The minimum absolute atomic E-state index is 0.0721. The number of amides is 1. The van der Waals surface area contributed by atoms with E-state index in [1.807, 2.05) is 13.8 Å². The molecule has 1 atom stereocenters. The van der Waals surface area contributed by atoms with Gasteiger partial charge in [0.05, 0.1) is 0 Å². The molecular formula is C10H12BrCl2NOS. The summed E-state index contributed by atoms with van der Waals surface area (Å²) in [5.41, 5.74) is 0. The number of likely N-dealkylation sites (N-methyl/N-ethyl adjacent to an activating group) is 1. The van der Waals surface area contributed by atoms with E-state index in [9.17, 15) is 4.79 Å². The smallest absolute Gasteiger partial charge is 0.245 e. The molecule has 0 aliphatic rings. The number of halogens is 3. The molecule has 0 spiro atoms. The summed E-state index contributed by atoms with van der Waals surface area (Å²) in [7, 11) is 0. The van der Waals surface area contributed by atoms with Crippen molar-refractivity contribution in [3.8, 4) is 0 Å². The van der Waals surface area contributed by atoms with Crippen molar-refractivity contribution in [2.24, 2.45) is 0 Å². The van der Waals surface area contributed by atoms with Gasteiger partial charge in [0.2, 0.25) is 5.91 Å². The molecule has 1 amide bonds. The van der Waals surface area contributed by atoms with E-state index in [-0.39, 0.29) is 5.91 Å². The Morgan fingerprint density at radius 2 is 2.12 bits per heavy atom. The van der Waals surface area contributed by atoms with Gasteiger partial charge in [-0.15, -0.1) is 22.9 Å². The Kier molecular flexibility index (Phi) is 5.57. The molecule has 0 aliphatic carbocycles. The van der Waals surface area contributed by atoms with E-state index in [0.29, 0.717) is 17.4 Å². The Balaban J connectivity index is 2.85. The lowest BCUT2D eigenvalue weighted by atomic mass is 10.3. The van der Waals surface area contributed by atoms with Gasteiger partial charge in [-0.3, -0.25) is 4.79 Å². The van der Waals surface area contributed by atoms with Crippen molar-refractivity contribution < 1.29 is 4.79 Å². The van der Waals surface area contributed by atoms with Crippen LogP contribution in [0.15, 0.2) is 10.5 Å². The first-order chi connectivity index (χ1) is 7.51. The topological polar surface area (TPSA) is 20.3 Å². The first-order valence-electron chi connectivity index (χ1n) is 4.88. The van der Waals surface area contributed by atoms with E-state index in [0.717, 1.165) is 9.35 Å². The van der Waals surface area contributed by atoms with Crippen molar-refractivity contribution in [1.29, 1.82) is 0 Å². The molecule has 0 saturated carbocycles. The fourth-order valence-electron chi connectivity index (χ4n) is 1.31. The minimum atomic E-state index is -0.645. The van der Waals surface area contributed by atoms with Gasteiger partial charge >= 0.3 is 0 Å². The number of carbonyl (C=O) groups excluding carboxylic acids is 1. The highest BCUT2D eigenvalue weighted by Gasteiger charge is 2.24. The zero-order valence-electron chi connectivity index (χ0n) is 8.97. The maximum atomic E-state index is 12.0. The van der Waals surface area contributed by atoms with Crippen molar-refractivity contribution in [1.82, 2.24) is 4.90 Å². The van der Waals surface area contributed by atoms with Crippen molar-refractivity contribution in [3.05, 3.63) is 19.8 Å². The summed E-state index contributed by atoms with van der Waals surface area (Å²) >= 11 is 16.7. The van der Waals surface area contributed by atoms with Gasteiger partial charge in [-0.2, -0.15) is 0 Å². The van der Waals surface area contributed by atoms with Crippen LogP contribution < -0.4 is 0 Å². The molecule has 0 bridgehead atoms. The van der Waals surface area contributed by atoms with Crippen LogP contribution in [0.3, 0.4) is 0 Å². The summed E-state index contributed by atoms with van der Waals surface area (Å²) in [4.78, 5) is 14.4. The molecular weight excluding hydrogens is 333 g/mol. The Bertz CT molecular complexity index is 359. The van der Waals surface area contributed by atoms with E-state index >= 15 is 0 Å². The SMILES string of the molecule is CCN(CC)C(=O)C(Cl)c1cc(Br)c(Cl)s1. The molecule has 16 heavy (non-hydrogen) atoms. The maximum Gasteiger partial charge on any atom is 0.245 e. The van der Waals surface area contributed by atoms with E-state index in [1.165, 1.54) is 11.3 Å². The fraction of sp³-hybridized carbons (Fsp3) is 0.500. The second-order valence-electron chi connectivity index (χ2n) is 3.14. The predicted molar refractivity (Wildman–Crippen MR) is 73.6 cm³/mol. The summed E-state index contributed by atoms with van der Waals surface area (Å²) < 4.78 is 1.40. The molecule has 0 radical (unpaired) electrons. The summed E-state index contributed by atoms with van der Waals surface area (Å²) in [5, 5.41) is -0.645. The minimum Gasteiger partial charge on any atom is -0.342 e. The third-order valence-corrected chi connectivity index (χ3v) is 5.30. The van der Waals surface area contributed by atoms with Crippen LogP contribution in [0.5, 0.6) is 0 Å². The average molecular weight is 345 g/mol. The van der Waals surface area contributed by atoms with Crippen molar-refractivity contribution in [2.45, 2.75) is 19.2 Å². The van der Waals surface area contributed by atoms with Crippen LogP contribution in [0.2, 0.25) is 4.34 Å². The lowest BCUT2D eigenvalue weighted by Gasteiger charge is -2.20. The van der Waals surface area contributed by atoms with Gasteiger partial charge in [0.25, 0.3) is 0 Å². The molecule has 0 saturated heterocycles. The van der Waals surface area contributed by atoms with E-state index in [2.05, 4.69) is 15.9 Å². The number of carbonyl (C=O) groups is 1. The van der Waals surface area contributed by atoms with Crippen LogP contribution in [0.4, 0.5) is 0 Å². The highest BCUT2D eigenvalue weighted by molar-refractivity contribution is 9.10. The number of thiophene rings is 1. The van der Waals surface area contributed by atoms with Gasteiger partial charge in [-0.25, -0.2) is 0 Å². The third-order valence-electron chi connectivity index (χ3n) is 2.21. The Labute approximate surface area is 118 Å². The Hall–Kier alpha value is 0.230. The maximum absolute atomic E-state index is 12.0. The fourth-order valence-corrected chi connectivity index (χ4v) is 3.35. The first-order valence-corrected chi connectivity index (χ1v) is 7.31. The Morgan fingerprint density at radius 3 is 2.50 bits per heavy atom. The van der Waals surface area contributed by atoms with E-state index in [4.69, 9.17) is 23.2 Å². The average Bonchev–Trinajstić information content (AvgIpc) is 2.59. The molecule has 1 aromatic rings. The van der Waals surface area contributed by atoms with Gasteiger partial charge in [-0.1, -0.05) is 11.6 Å². The van der Waals surface area contributed by atoms with E-state index in [1.54, 1.807) is 11.0 Å². The highest BCUT2D eigenvalue weighted by atomic mass is 79.9. The normalized spacial score (nSPS) is 12.6. The van der Waals surface area contributed by atoms with Crippen LogP contribution in [0, 0.1) is 0 Å². The lowest BCUT2D eigenvalue weighted by molar-refractivity contribution is -0.130. The molecule has 0 fully saturated rings. The van der Waals surface area contributed by atoms with Crippen LogP contribution in [-0.2, 0) is 4.79 Å². The first kappa shape index (κ1) is 14.3. The number of rotatable bonds is 4. The van der Waals surface area contributed by atoms with Gasteiger partial charge in [-0.05, 0) is 35.8 Å². The molecule has 0 N–H and O–H groups in total. The standard InChI is InChI=1S/C10H12BrCl2NOS/c1-3-14(4-2)10(15)8(12)7-5-6(11)9(13)16-7/h5,8H,3-4H2,1-2H3. The van der Waals surface area contributed by atoms with Crippen LogP contribution in [-0.4, -0.2) is 23.9 Å². The van der Waals surface area contributed by atoms with E-state index < -0.39 is 5.38 Å². The van der Waals surface area contributed by atoms with Crippen molar-refractivity contribution in [2.75, 3.05) is 13.1 Å². The van der Waals surface area contributed by atoms with Gasteiger partial charge in [0.15, 0.2) is 0 Å². The zero-order chi connectivity index (χ0) is 12.3. The largest absolute Gasteiger partial charge is 0.342 e. The van der Waals surface area contributed by atoms with Crippen molar-refractivity contribution in [3.63, 3.8) is 0 Å². The highest BCUT2D eigenvalue weighted by Crippen LogP contribution is 2.38. The van der Waals surface area contributed by atoms with Gasteiger partial charge in [0.1, 0.15) is 9.71 Å². The molecule has 6 heteroatoms. The summed E-state index contributed by atoms with van der Waals surface area (Å²) in [6.45, 7) is 5.20. The second-order valence-corrected chi connectivity index (χ2v) is 6.12. The molecule has 2 nitrogen and oxygen atoms in total. The van der Waals surface area contributed by atoms with Crippen molar-refractivity contribution >= 4 is 56.4 Å². The molecule has 0 aliphatic heterocycles. The molecule has 0 aromatic carbocycles. The summed E-state index contributed by atoms with van der Waals surface area (Å²) in [5.74, 6) is -0.0721. The number of hydrogen-bond donors (Lipinski definition) is 0. The van der Waals surface area contributed by atoms with Crippen LogP contribution >= 0.6 is 50.5 Å². The quantitative estimate of drug-likeness (QED) is 0.745. The summed E-state index contributed by atoms with van der Waals surface area (Å²) in [6.07, 6.45) is 0. The molecule has 1 aromatic heterocycles. The molecule has 1 rings (SSSR count). The molecule has 90 valence electrons. The Morgan fingerprint density at radius 1 is 1.56 bits per heavy atom. The van der Waals surface area contributed by atoms with Gasteiger partial charge in [0, 0.05) is 22.4 Å². The number of alkyl halides is 1. The van der Waals surface area contributed by atoms with Gasteiger partial charge < -0.3 is 4.90 Å². The molecule has 1 heterocycles. The number of hydrogen-bond acceptors (Lipinski definition) is 2. The zero-order valence-corrected chi connectivity index (χ0v) is 12.9.